The van der Waals surface area contributed by atoms with Gasteiger partial charge in [0.25, 0.3) is 17.5 Å². The van der Waals surface area contributed by atoms with Crippen molar-refractivity contribution in [2.24, 2.45) is 17.8 Å². The van der Waals surface area contributed by atoms with Gasteiger partial charge >= 0.3 is 0 Å². The van der Waals surface area contributed by atoms with Crippen LogP contribution in [0.5, 0.6) is 17.2 Å². The zero-order valence-corrected chi connectivity index (χ0v) is 28.5. The fourth-order valence-corrected chi connectivity index (χ4v) is 9.01. The molecule has 3 aromatic rings. The minimum Gasteiger partial charge on any atom is -0.508 e. The number of phenols is 1. The molecule has 6 atom stereocenters. The molecule has 2 aliphatic heterocycles. The van der Waals surface area contributed by atoms with E-state index in [9.17, 15) is 47.6 Å². The molecule has 2 saturated heterocycles. The number of nitro groups is 1. The summed E-state index contributed by atoms with van der Waals surface area (Å²) in [4.78, 5) is 62.6. The molecule has 276 valence electrons. The van der Waals surface area contributed by atoms with Crippen LogP contribution in [0.15, 0.2) is 48.0 Å². The van der Waals surface area contributed by atoms with Crippen LogP contribution in [0.3, 0.4) is 0 Å². The van der Waals surface area contributed by atoms with Crippen LogP contribution in [0.1, 0.15) is 24.3 Å². The second kappa shape index (κ2) is 12.1. The molecule has 0 radical (unpaired) electrons. The van der Waals surface area contributed by atoms with Crippen molar-refractivity contribution < 1.29 is 60.6 Å². The van der Waals surface area contributed by atoms with E-state index in [0.717, 1.165) is 43.4 Å². The van der Waals surface area contributed by atoms with Crippen molar-refractivity contribution in [1.29, 1.82) is 0 Å². The van der Waals surface area contributed by atoms with Crippen molar-refractivity contribution in [3.05, 3.63) is 92.8 Å². The Balaban J connectivity index is 1.47. The van der Waals surface area contributed by atoms with Gasteiger partial charge in [-0.3, -0.25) is 29.3 Å². The maximum Gasteiger partial charge on any atom is 0.271 e. The Morgan fingerprint density at radius 3 is 2.00 bits per heavy atom. The number of hydrogen-bond acceptors (Lipinski definition) is 9. The second-order valence-corrected chi connectivity index (χ2v) is 14.0. The first-order valence-corrected chi connectivity index (χ1v) is 16.3. The third-order valence-electron chi connectivity index (χ3n) is 10.3. The van der Waals surface area contributed by atoms with E-state index in [1.165, 1.54) is 18.2 Å². The monoisotopic (exact) mass is 781 g/mol. The first kappa shape index (κ1) is 36.1. The second-order valence-electron chi connectivity index (χ2n) is 12.7. The maximum atomic E-state index is 15.3. The van der Waals surface area contributed by atoms with E-state index in [4.69, 9.17) is 32.7 Å². The summed E-state index contributed by atoms with van der Waals surface area (Å²) in [5.41, 5.74) is -2.61. The smallest absolute Gasteiger partial charge is 0.271 e. The highest BCUT2D eigenvalue weighted by Gasteiger charge is 2.77. The van der Waals surface area contributed by atoms with Crippen LogP contribution in [0.4, 0.5) is 39.0 Å². The van der Waals surface area contributed by atoms with E-state index in [1.807, 2.05) is 0 Å². The number of aromatic hydroxyl groups is 1. The number of carbonyl (C=O) groups is 4. The number of allylic oxidation sites excluding steroid dienone is 2. The lowest BCUT2D eigenvalue weighted by atomic mass is 9.56. The number of ether oxygens (including phenoxy) is 2. The Bertz CT molecular complexity index is 2200. The van der Waals surface area contributed by atoms with Crippen molar-refractivity contribution in [2.45, 2.75) is 28.5 Å². The fraction of sp³-hybridized carbons (Fsp3) is 0.294. The first-order valence-electron chi connectivity index (χ1n) is 15.5. The lowest BCUT2D eigenvalue weighted by Crippen LogP contribution is -2.60. The van der Waals surface area contributed by atoms with E-state index in [1.54, 1.807) is 0 Å². The number of methoxy groups -OCH3 is 2. The number of benzene rings is 3. The number of nitrogens with zero attached hydrogens (tertiary/aromatic N) is 3. The summed E-state index contributed by atoms with van der Waals surface area (Å²) in [5.74, 6) is -24.1. The molecule has 4 amide bonds. The Labute approximate surface area is 304 Å². The minimum atomic E-state index is -2.88. The average Bonchev–Trinajstić information content (AvgIpc) is 3.47. The van der Waals surface area contributed by atoms with Gasteiger partial charge in [0, 0.05) is 35.7 Å². The molecule has 0 spiro atoms. The number of phenolic OH excluding ortho intramolecular Hbond substituents is 1. The molecule has 19 heteroatoms. The van der Waals surface area contributed by atoms with Gasteiger partial charge in [-0.05, 0) is 24.8 Å². The van der Waals surface area contributed by atoms with E-state index in [0.29, 0.717) is 0 Å². The maximum absolute atomic E-state index is 15.3. The summed E-state index contributed by atoms with van der Waals surface area (Å²) in [6.45, 7) is 0. The average molecular weight is 782 g/mol. The van der Waals surface area contributed by atoms with Gasteiger partial charge in [-0.2, -0.15) is 0 Å². The highest BCUT2D eigenvalue weighted by atomic mass is 35.5. The molecule has 0 bridgehead atoms. The van der Waals surface area contributed by atoms with E-state index in [2.05, 4.69) is 0 Å². The van der Waals surface area contributed by atoms with Gasteiger partial charge in [-0.15, -0.1) is 23.2 Å². The number of amides is 4. The number of imide groups is 2. The quantitative estimate of drug-likeness (QED) is 0.0479. The Hall–Kier alpha value is -5.29. The van der Waals surface area contributed by atoms with Gasteiger partial charge in [0.05, 0.1) is 36.7 Å². The third kappa shape index (κ3) is 4.65. The van der Waals surface area contributed by atoms with E-state index >= 15 is 8.78 Å². The van der Waals surface area contributed by atoms with Gasteiger partial charge < -0.3 is 14.6 Å². The molecular formula is C34H22Cl2F5N3O9. The Morgan fingerprint density at radius 2 is 1.43 bits per heavy atom. The van der Waals surface area contributed by atoms with Crippen molar-refractivity contribution in [1.82, 2.24) is 0 Å². The highest BCUT2D eigenvalue weighted by Crippen LogP contribution is 2.68. The predicted molar refractivity (Wildman–Crippen MR) is 173 cm³/mol. The van der Waals surface area contributed by atoms with Crippen LogP contribution in [-0.4, -0.2) is 57.6 Å². The number of non-ortho nitro benzene ring substituents is 1. The number of nitro benzene ring substituents is 1. The Morgan fingerprint density at radius 1 is 0.849 bits per heavy atom. The van der Waals surface area contributed by atoms with Gasteiger partial charge in [0.15, 0.2) is 33.0 Å². The molecule has 53 heavy (non-hydrogen) atoms. The lowest BCUT2D eigenvalue weighted by molar-refractivity contribution is -0.384. The van der Waals surface area contributed by atoms with Crippen molar-refractivity contribution in [2.75, 3.05) is 24.0 Å². The topological polar surface area (TPSA) is 157 Å². The molecule has 3 aromatic carbocycles. The van der Waals surface area contributed by atoms with Gasteiger partial charge in [-0.1, -0.05) is 17.7 Å². The van der Waals surface area contributed by atoms with E-state index < -0.39 is 115 Å². The molecule has 12 nitrogen and oxygen atoms in total. The number of halogens is 7. The first-order chi connectivity index (χ1) is 25.0. The molecule has 3 fully saturated rings. The third-order valence-corrected chi connectivity index (χ3v) is 11.8. The van der Waals surface area contributed by atoms with Crippen LogP contribution in [0.2, 0.25) is 0 Å². The van der Waals surface area contributed by atoms with Crippen LogP contribution >= 0.6 is 23.2 Å². The van der Waals surface area contributed by atoms with Crippen molar-refractivity contribution >= 4 is 63.9 Å². The van der Waals surface area contributed by atoms with Crippen LogP contribution in [0, 0.1) is 57.0 Å². The molecular weight excluding hydrogens is 760 g/mol. The zero-order chi connectivity index (χ0) is 38.6. The van der Waals surface area contributed by atoms with E-state index in [-0.39, 0.29) is 39.6 Å². The van der Waals surface area contributed by atoms with Crippen LogP contribution in [-0.2, 0) is 19.2 Å². The molecule has 4 aliphatic rings. The summed E-state index contributed by atoms with van der Waals surface area (Å²) in [6.07, 6.45) is 0.462. The van der Waals surface area contributed by atoms with Gasteiger partial charge in [0.1, 0.15) is 22.9 Å². The summed E-state index contributed by atoms with van der Waals surface area (Å²) in [6, 6.07) is 6.83. The number of anilines is 2. The molecule has 2 aliphatic carbocycles. The molecule has 0 aromatic heterocycles. The molecule has 7 rings (SSSR count). The number of rotatable bonds is 6. The molecule has 6 unspecified atom stereocenters. The normalized spacial score (nSPS) is 27.8. The van der Waals surface area contributed by atoms with Crippen LogP contribution in [0.25, 0.3) is 0 Å². The number of alkyl halides is 2. The van der Waals surface area contributed by atoms with Crippen molar-refractivity contribution in [3.63, 3.8) is 0 Å². The standard InChI is InChI=1S/C34H22Cl2F5N3O9/c1-52-18-9-14(45)10-19(53-2)21(18)22-15-6-7-16-20(30(47)42(29(16)46)12-4-3-5-13(8-12)44(50)51)17(15)11-33(35)31(48)43(32(49)34(22,33)36)28-26(40)24(38)23(37)25(39)27(28)41/h3-6,8-10,16-17,20,22,45H,7,11H2,1-2H3. The molecule has 1 saturated carbocycles. The Kier molecular flexibility index (Phi) is 8.26. The molecule has 1 N–H and O–H groups in total. The summed E-state index contributed by atoms with van der Waals surface area (Å²) in [7, 11) is 2.30. The van der Waals surface area contributed by atoms with Crippen LogP contribution < -0.4 is 19.3 Å². The number of hydrogen-bond donors (Lipinski definition) is 1. The summed E-state index contributed by atoms with van der Waals surface area (Å²) in [5, 5.41) is 21.9. The number of carbonyl (C=O) groups excluding carboxylic acids is 4. The lowest BCUT2D eigenvalue weighted by Gasteiger charge is -2.51. The largest absolute Gasteiger partial charge is 0.508 e. The predicted octanol–water partition coefficient (Wildman–Crippen LogP) is 5.78. The van der Waals surface area contributed by atoms with Gasteiger partial charge in [0.2, 0.25) is 17.6 Å². The fourth-order valence-electron chi connectivity index (χ4n) is 8.09. The zero-order valence-electron chi connectivity index (χ0n) is 27.0. The summed E-state index contributed by atoms with van der Waals surface area (Å²) >= 11 is 14.3. The minimum absolute atomic E-state index is 0.0854. The highest BCUT2D eigenvalue weighted by molar-refractivity contribution is 6.58. The SMILES string of the molecule is COc1cc(O)cc(OC)c1C1C2=CCC3C(=O)N(c4cccc([N+](=O)[O-])c4)C(=O)C3C2CC2(Cl)C(=O)N(c3c(F)c(F)c(F)c(F)c3F)C(=O)C12Cl. The van der Waals surface area contributed by atoms with Gasteiger partial charge in [-0.25, -0.2) is 31.8 Å². The number of fused-ring (bicyclic) bond motifs is 4. The van der Waals surface area contributed by atoms with Crippen molar-refractivity contribution in [3.8, 4) is 17.2 Å². The molecule has 2 heterocycles. The summed E-state index contributed by atoms with van der Waals surface area (Å²) < 4.78 is 84.7.